The standard InChI is InChI=1S/C19H12Cl2F3N3O2S/c1-9(10-3-2-4-12(7-10)25-18(29)19(22,23)24)26-27-17(28)16-15(21)13-6-5-11(20)8-14(13)30-16/h2-8H,1H3,(H,25,29)(H,27,28). The summed E-state index contributed by atoms with van der Waals surface area (Å²) in [5, 5.41) is 7.20. The Kier molecular flexibility index (Phi) is 6.35. The largest absolute Gasteiger partial charge is 0.471 e. The van der Waals surface area contributed by atoms with E-state index in [-0.39, 0.29) is 15.6 Å². The van der Waals surface area contributed by atoms with Gasteiger partial charge in [0.2, 0.25) is 0 Å². The second-order valence-electron chi connectivity index (χ2n) is 6.06. The van der Waals surface area contributed by atoms with E-state index < -0.39 is 18.0 Å². The Morgan fingerprint density at radius 3 is 2.53 bits per heavy atom. The molecule has 0 fully saturated rings. The van der Waals surface area contributed by atoms with Gasteiger partial charge in [-0.1, -0.05) is 41.4 Å². The molecular formula is C19H12Cl2F3N3O2S. The Morgan fingerprint density at radius 1 is 1.10 bits per heavy atom. The van der Waals surface area contributed by atoms with Crippen molar-refractivity contribution < 1.29 is 22.8 Å². The zero-order chi connectivity index (χ0) is 22.1. The molecule has 1 heterocycles. The highest BCUT2D eigenvalue weighted by atomic mass is 35.5. The van der Waals surface area contributed by atoms with Crippen molar-refractivity contribution in [1.82, 2.24) is 5.43 Å². The van der Waals surface area contributed by atoms with Crippen LogP contribution in [0.4, 0.5) is 18.9 Å². The van der Waals surface area contributed by atoms with Crippen LogP contribution < -0.4 is 10.7 Å². The van der Waals surface area contributed by atoms with E-state index in [1.165, 1.54) is 18.2 Å². The van der Waals surface area contributed by atoms with Gasteiger partial charge in [0.05, 0.1) is 10.7 Å². The molecule has 0 bridgehead atoms. The predicted octanol–water partition coefficient (Wildman–Crippen LogP) is 5.86. The molecule has 30 heavy (non-hydrogen) atoms. The Hall–Kier alpha value is -2.62. The van der Waals surface area contributed by atoms with Crippen molar-refractivity contribution in [2.24, 2.45) is 5.10 Å². The van der Waals surface area contributed by atoms with Crippen LogP contribution in [0.3, 0.4) is 0 Å². The minimum atomic E-state index is -5.00. The van der Waals surface area contributed by atoms with E-state index in [9.17, 15) is 22.8 Å². The molecular weight excluding hydrogens is 462 g/mol. The fourth-order valence-electron chi connectivity index (χ4n) is 2.46. The van der Waals surface area contributed by atoms with E-state index >= 15 is 0 Å². The molecule has 0 spiro atoms. The van der Waals surface area contributed by atoms with Gasteiger partial charge < -0.3 is 5.32 Å². The molecule has 1 aromatic heterocycles. The van der Waals surface area contributed by atoms with Crippen LogP contribution in [-0.2, 0) is 4.79 Å². The van der Waals surface area contributed by atoms with E-state index in [0.717, 1.165) is 16.0 Å². The van der Waals surface area contributed by atoms with E-state index in [0.29, 0.717) is 21.7 Å². The van der Waals surface area contributed by atoms with Crippen molar-refractivity contribution >= 4 is 67.8 Å². The van der Waals surface area contributed by atoms with Crippen LogP contribution >= 0.6 is 34.5 Å². The summed E-state index contributed by atoms with van der Waals surface area (Å²) in [6.07, 6.45) is -5.00. The van der Waals surface area contributed by atoms with Gasteiger partial charge in [0.15, 0.2) is 0 Å². The maximum atomic E-state index is 12.5. The van der Waals surface area contributed by atoms with Gasteiger partial charge in [-0.2, -0.15) is 18.3 Å². The number of hydrogen-bond donors (Lipinski definition) is 2. The Labute approximate surface area is 182 Å². The molecule has 11 heteroatoms. The average molecular weight is 474 g/mol. The second kappa shape index (κ2) is 8.63. The quantitative estimate of drug-likeness (QED) is 0.367. The number of rotatable bonds is 4. The maximum absolute atomic E-state index is 12.5. The van der Waals surface area contributed by atoms with Gasteiger partial charge in [-0.25, -0.2) is 5.43 Å². The first-order valence-electron chi connectivity index (χ1n) is 8.27. The minimum absolute atomic E-state index is 0.0554. The van der Waals surface area contributed by atoms with Gasteiger partial charge in [-0.15, -0.1) is 11.3 Å². The molecule has 156 valence electrons. The van der Waals surface area contributed by atoms with Crippen LogP contribution in [-0.4, -0.2) is 23.7 Å². The van der Waals surface area contributed by atoms with Crippen molar-refractivity contribution in [3.63, 3.8) is 0 Å². The van der Waals surface area contributed by atoms with Crippen LogP contribution in [0.25, 0.3) is 10.1 Å². The topological polar surface area (TPSA) is 70.6 Å². The highest BCUT2D eigenvalue weighted by Gasteiger charge is 2.38. The summed E-state index contributed by atoms with van der Waals surface area (Å²) in [6.45, 7) is 1.55. The highest BCUT2D eigenvalue weighted by Crippen LogP contribution is 2.36. The van der Waals surface area contributed by atoms with Crippen LogP contribution in [0, 0.1) is 0 Å². The summed E-state index contributed by atoms with van der Waals surface area (Å²) in [5.74, 6) is -2.62. The van der Waals surface area contributed by atoms with Crippen molar-refractivity contribution in [3.05, 3.63) is 63.0 Å². The van der Waals surface area contributed by atoms with Crippen LogP contribution in [0.2, 0.25) is 10.0 Å². The lowest BCUT2D eigenvalue weighted by molar-refractivity contribution is -0.167. The normalized spacial score (nSPS) is 12.1. The first-order valence-corrected chi connectivity index (χ1v) is 9.84. The van der Waals surface area contributed by atoms with Crippen molar-refractivity contribution in [3.8, 4) is 0 Å². The smallest absolute Gasteiger partial charge is 0.318 e. The summed E-state index contributed by atoms with van der Waals surface area (Å²) in [4.78, 5) is 23.8. The predicted molar refractivity (Wildman–Crippen MR) is 113 cm³/mol. The Morgan fingerprint density at radius 2 is 1.83 bits per heavy atom. The van der Waals surface area contributed by atoms with Crippen molar-refractivity contribution in [1.29, 1.82) is 0 Å². The summed E-state index contributed by atoms with van der Waals surface area (Å²) in [7, 11) is 0. The lowest BCUT2D eigenvalue weighted by Crippen LogP contribution is -2.29. The molecule has 3 rings (SSSR count). The molecule has 0 aliphatic carbocycles. The zero-order valence-corrected chi connectivity index (χ0v) is 17.4. The van der Waals surface area contributed by atoms with Gasteiger partial charge in [-0.3, -0.25) is 9.59 Å². The number of benzene rings is 2. The van der Waals surface area contributed by atoms with Gasteiger partial charge >= 0.3 is 12.1 Å². The first-order chi connectivity index (χ1) is 14.1. The number of nitrogens with one attached hydrogen (secondary N) is 2. The van der Waals surface area contributed by atoms with Crippen molar-refractivity contribution in [2.75, 3.05) is 5.32 Å². The number of carbonyl (C=O) groups is 2. The number of alkyl halides is 3. The highest BCUT2D eigenvalue weighted by molar-refractivity contribution is 7.21. The Bertz CT molecular complexity index is 1180. The summed E-state index contributed by atoms with van der Waals surface area (Å²) in [5.41, 5.74) is 3.04. The molecule has 0 atom stereocenters. The SMILES string of the molecule is CC(=NNC(=O)c1sc2cc(Cl)ccc2c1Cl)c1cccc(NC(=O)C(F)(F)F)c1. The van der Waals surface area contributed by atoms with E-state index in [4.69, 9.17) is 23.2 Å². The van der Waals surface area contributed by atoms with Crippen LogP contribution in [0.15, 0.2) is 47.6 Å². The number of nitrogens with zero attached hydrogens (tertiary/aromatic N) is 1. The lowest BCUT2D eigenvalue weighted by Gasteiger charge is -2.09. The maximum Gasteiger partial charge on any atom is 0.471 e. The first kappa shape index (κ1) is 22.1. The molecule has 0 saturated heterocycles. The number of carbonyl (C=O) groups excluding carboxylic acids is 2. The number of fused-ring (bicyclic) bond motifs is 1. The van der Waals surface area contributed by atoms with Gasteiger partial charge in [0.1, 0.15) is 4.88 Å². The van der Waals surface area contributed by atoms with Gasteiger partial charge in [0, 0.05) is 20.8 Å². The number of hydrogen-bond acceptors (Lipinski definition) is 4. The number of hydrazone groups is 1. The third kappa shape index (κ3) is 4.92. The molecule has 0 aliphatic rings. The number of thiophene rings is 1. The van der Waals surface area contributed by atoms with Crippen molar-refractivity contribution in [2.45, 2.75) is 13.1 Å². The number of anilines is 1. The van der Waals surface area contributed by atoms with E-state index in [1.54, 1.807) is 36.5 Å². The summed E-state index contributed by atoms with van der Waals surface area (Å²) < 4.78 is 37.9. The van der Waals surface area contributed by atoms with Crippen LogP contribution in [0.5, 0.6) is 0 Å². The molecule has 3 aromatic rings. The average Bonchev–Trinajstić information content (AvgIpc) is 3.01. The molecule has 2 amide bonds. The molecule has 2 aromatic carbocycles. The van der Waals surface area contributed by atoms with E-state index in [2.05, 4.69) is 10.5 Å². The molecule has 0 radical (unpaired) electrons. The lowest BCUT2D eigenvalue weighted by atomic mass is 10.1. The number of amides is 2. The number of halogens is 5. The summed E-state index contributed by atoms with van der Waals surface area (Å²) in [6, 6.07) is 10.7. The second-order valence-corrected chi connectivity index (χ2v) is 7.92. The summed E-state index contributed by atoms with van der Waals surface area (Å²) >= 11 is 13.4. The van der Waals surface area contributed by atoms with Crippen LogP contribution in [0.1, 0.15) is 22.2 Å². The minimum Gasteiger partial charge on any atom is -0.318 e. The molecule has 0 saturated carbocycles. The third-order valence-electron chi connectivity index (χ3n) is 3.92. The third-order valence-corrected chi connectivity index (χ3v) is 5.81. The molecule has 2 N–H and O–H groups in total. The molecule has 5 nitrogen and oxygen atoms in total. The van der Waals surface area contributed by atoms with E-state index in [1.807, 2.05) is 0 Å². The molecule has 0 aliphatic heterocycles. The van der Waals surface area contributed by atoms with Gasteiger partial charge in [-0.05, 0) is 36.8 Å². The molecule has 0 unspecified atom stereocenters. The fraction of sp³-hybridized carbons (Fsp3) is 0.105. The van der Waals surface area contributed by atoms with Gasteiger partial charge in [0.25, 0.3) is 5.91 Å². The Balaban J connectivity index is 1.77. The monoisotopic (exact) mass is 473 g/mol. The zero-order valence-electron chi connectivity index (χ0n) is 15.1. The fourth-order valence-corrected chi connectivity index (χ4v) is 4.14.